The molecule has 0 amide bonds. The zero-order valence-corrected chi connectivity index (χ0v) is 10.6. The molecule has 2 fully saturated rings. The Hall–Kier alpha value is -1.32. The lowest BCUT2D eigenvalue weighted by atomic mass is 10.2. The van der Waals surface area contributed by atoms with Crippen molar-refractivity contribution in [2.75, 3.05) is 24.2 Å². The van der Waals surface area contributed by atoms with Gasteiger partial charge in [-0.1, -0.05) is 0 Å². The third kappa shape index (κ3) is 2.21. The van der Waals surface area contributed by atoms with Crippen molar-refractivity contribution in [3.63, 3.8) is 0 Å². The molecule has 2 saturated carbocycles. The lowest BCUT2D eigenvalue weighted by Crippen LogP contribution is -2.23. The summed E-state index contributed by atoms with van der Waals surface area (Å²) in [6.45, 7) is 3.12. The molecule has 1 heterocycles. The Morgan fingerprint density at radius 3 is 2.53 bits per heavy atom. The van der Waals surface area contributed by atoms with Gasteiger partial charge in [-0.15, -0.1) is 0 Å². The summed E-state index contributed by atoms with van der Waals surface area (Å²) in [5, 5.41) is 0. The molecule has 4 nitrogen and oxygen atoms in total. The fourth-order valence-corrected chi connectivity index (χ4v) is 2.21. The van der Waals surface area contributed by atoms with Crippen molar-refractivity contribution >= 4 is 11.6 Å². The third-order valence-corrected chi connectivity index (χ3v) is 3.71. The molecule has 1 aromatic rings. The molecule has 4 heteroatoms. The van der Waals surface area contributed by atoms with Crippen molar-refractivity contribution < 1.29 is 0 Å². The second-order valence-corrected chi connectivity index (χ2v) is 5.51. The summed E-state index contributed by atoms with van der Waals surface area (Å²) < 4.78 is 0. The molecule has 0 spiro atoms. The molecule has 0 unspecified atom stereocenters. The second-order valence-electron chi connectivity index (χ2n) is 5.51. The van der Waals surface area contributed by atoms with E-state index in [0.717, 1.165) is 29.7 Å². The number of nitrogens with zero attached hydrogens (tertiary/aromatic N) is 3. The van der Waals surface area contributed by atoms with Crippen LogP contribution in [0, 0.1) is 12.8 Å². The van der Waals surface area contributed by atoms with Gasteiger partial charge in [0.15, 0.2) is 0 Å². The largest absolute Gasteiger partial charge is 0.383 e. The predicted molar refractivity (Wildman–Crippen MR) is 69.2 cm³/mol. The zero-order valence-electron chi connectivity index (χ0n) is 10.6. The summed E-state index contributed by atoms with van der Waals surface area (Å²) in [5.74, 6) is 4.06. The van der Waals surface area contributed by atoms with Gasteiger partial charge in [-0.05, 0) is 38.5 Å². The molecule has 0 atom stereocenters. The molecule has 0 aliphatic heterocycles. The Bertz CT molecular complexity index is 435. The van der Waals surface area contributed by atoms with E-state index in [4.69, 9.17) is 10.7 Å². The van der Waals surface area contributed by atoms with Crippen LogP contribution in [0.1, 0.15) is 43.0 Å². The summed E-state index contributed by atoms with van der Waals surface area (Å²) in [5.41, 5.74) is 7.02. The number of hydrogen-bond donors (Lipinski definition) is 1. The molecule has 17 heavy (non-hydrogen) atoms. The summed E-state index contributed by atoms with van der Waals surface area (Å²) in [6, 6.07) is 0. The van der Waals surface area contributed by atoms with Crippen molar-refractivity contribution in [2.45, 2.75) is 38.5 Å². The second kappa shape index (κ2) is 3.86. The van der Waals surface area contributed by atoms with E-state index < -0.39 is 0 Å². The molecule has 2 N–H and O–H groups in total. The highest BCUT2D eigenvalue weighted by Crippen LogP contribution is 2.40. The minimum Gasteiger partial charge on any atom is -0.383 e. The number of nitrogen functional groups attached to an aromatic ring is 1. The highest BCUT2D eigenvalue weighted by atomic mass is 15.2. The van der Waals surface area contributed by atoms with E-state index in [0.29, 0.717) is 11.7 Å². The Kier molecular flexibility index (Phi) is 2.45. The predicted octanol–water partition coefficient (Wildman–Crippen LogP) is 2.09. The molecule has 92 valence electrons. The van der Waals surface area contributed by atoms with Crippen molar-refractivity contribution in [3.05, 3.63) is 11.4 Å². The Labute approximate surface area is 102 Å². The van der Waals surface area contributed by atoms with Gasteiger partial charge in [-0.3, -0.25) is 0 Å². The quantitative estimate of drug-likeness (QED) is 0.863. The molecule has 3 rings (SSSR count). The average molecular weight is 232 g/mol. The van der Waals surface area contributed by atoms with Crippen LogP contribution in [0.15, 0.2) is 0 Å². The van der Waals surface area contributed by atoms with E-state index in [-0.39, 0.29) is 0 Å². The first-order valence-corrected chi connectivity index (χ1v) is 6.50. The smallest absolute Gasteiger partial charge is 0.137 e. The Morgan fingerprint density at radius 2 is 1.94 bits per heavy atom. The maximum atomic E-state index is 5.99. The zero-order chi connectivity index (χ0) is 12.0. The van der Waals surface area contributed by atoms with Gasteiger partial charge in [0.25, 0.3) is 0 Å². The molecule has 2 aliphatic rings. The molecule has 0 saturated heterocycles. The summed E-state index contributed by atoms with van der Waals surface area (Å²) in [7, 11) is 2.11. The van der Waals surface area contributed by atoms with Crippen LogP contribution in [0.5, 0.6) is 0 Å². The van der Waals surface area contributed by atoms with Crippen LogP contribution in [-0.4, -0.2) is 23.6 Å². The highest BCUT2D eigenvalue weighted by molar-refractivity contribution is 5.56. The van der Waals surface area contributed by atoms with Crippen LogP contribution in [0.2, 0.25) is 0 Å². The summed E-state index contributed by atoms with van der Waals surface area (Å²) >= 11 is 0. The minimum absolute atomic E-state index is 0.561. The summed E-state index contributed by atoms with van der Waals surface area (Å²) in [6.07, 6.45) is 5.15. The van der Waals surface area contributed by atoms with Crippen LogP contribution in [0.25, 0.3) is 0 Å². The van der Waals surface area contributed by atoms with E-state index in [1.807, 2.05) is 6.92 Å². The number of hydrogen-bond acceptors (Lipinski definition) is 4. The molecule has 0 aromatic carbocycles. The molecular formula is C13H20N4. The van der Waals surface area contributed by atoms with Crippen LogP contribution < -0.4 is 10.6 Å². The maximum Gasteiger partial charge on any atom is 0.137 e. The van der Waals surface area contributed by atoms with Gasteiger partial charge in [0.1, 0.15) is 17.5 Å². The van der Waals surface area contributed by atoms with Crippen molar-refractivity contribution in [2.24, 2.45) is 5.92 Å². The third-order valence-electron chi connectivity index (χ3n) is 3.71. The first-order chi connectivity index (χ1) is 8.15. The van der Waals surface area contributed by atoms with Gasteiger partial charge in [0.2, 0.25) is 0 Å². The highest BCUT2D eigenvalue weighted by Gasteiger charge is 2.29. The van der Waals surface area contributed by atoms with Crippen LogP contribution in [0.4, 0.5) is 11.6 Å². The monoisotopic (exact) mass is 232 g/mol. The fourth-order valence-electron chi connectivity index (χ4n) is 2.21. The summed E-state index contributed by atoms with van der Waals surface area (Å²) in [4.78, 5) is 11.4. The van der Waals surface area contributed by atoms with Crippen LogP contribution in [0.3, 0.4) is 0 Å². The van der Waals surface area contributed by atoms with Crippen LogP contribution >= 0.6 is 0 Å². The van der Waals surface area contributed by atoms with E-state index in [2.05, 4.69) is 16.9 Å². The lowest BCUT2D eigenvalue weighted by Gasteiger charge is -2.21. The van der Waals surface area contributed by atoms with Crippen molar-refractivity contribution in [1.82, 2.24) is 9.97 Å². The van der Waals surface area contributed by atoms with E-state index >= 15 is 0 Å². The molecule has 0 radical (unpaired) electrons. The number of nitrogens with two attached hydrogens (primary N) is 1. The Balaban J connectivity index is 1.89. The van der Waals surface area contributed by atoms with Crippen molar-refractivity contribution in [3.8, 4) is 0 Å². The van der Waals surface area contributed by atoms with E-state index in [1.54, 1.807) is 0 Å². The molecule has 1 aromatic heterocycles. The van der Waals surface area contributed by atoms with Gasteiger partial charge in [-0.25, -0.2) is 9.97 Å². The molecular weight excluding hydrogens is 212 g/mol. The first kappa shape index (κ1) is 10.8. The average Bonchev–Trinajstić information content (AvgIpc) is 3.13. The van der Waals surface area contributed by atoms with Crippen LogP contribution in [-0.2, 0) is 0 Å². The number of rotatable bonds is 4. The first-order valence-electron chi connectivity index (χ1n) is 6.50. The normalized spacial score (nSPS) is 19.4. The topological polar surface area (TPSA) is 55.0 Å². The maximum absolute atomic E-state index is 5.99. The minimum atomic E-state index is 0.561. The van der Waals surface area contributed by atoms with Gasteiger partial charge in [0.05, 0.1) is 0 Å². The molecule has 0 bridgehead atoms. The molecule has 2 aliphatic carbocycles. The van der Waals surface area contributed by atoms with Gasteiger partial charge >= 0.3 is 0 Å². The SMILES string of the molecule is Cc1c(N)nc(C2CC2)nc1N(C)CC1CC1. The Morgan fingerprint density at radius 1 is 1.24 bits per heavy atom. The van der Waals surface area contributed by atoms with E-state index in [1.165, 1.54) is 25.7 Å². The van der Waals surface area contributed by atoms with Gasteiger partial charge in [0, 0.05) is 25.1 Å². The van der Waals surface area contributed by atoms with Gasteiger partial charge < -0.3 is 10.6 Å². The standard InChI is InChI=1S/C13H20N4/c1-8-11(14)15-12(10-5-6-10)16-13(8)17(2)7-9-3-4-9/h9-10H,3-7H2,1-2H3,(H2,14,15,16). The number of anilines is 2. The van der Waals surface area contributed by atoms with Gasteiger partial charge in [-0.2, -0.15) is 0 Å². The number of aromatic nitrogens is 2. The van der Waals surface area contributed by atoms with Crippen molar-refractivity contribution in [1.29, 1.82) is 0 Å². The fraction of sp³-hybridized carbons (Fsp3) is 0.692. The lowest BCUT2D eigenvalue weighted by molar-refractivity contribution is 0.765. The van der Waals surface area contributed by atoms with E-state index in [9.17, 15) is 0 Å².